The standard InChI is InChI=1S/C13H22N4/c1-4-6-12-15-8-9-17(12)11-13(3,10-14)16-7-5-2/h8-9,16H,4-7,11H2,1-3H3. The third kappa shape index (κ3) is 3.86. The molecule has 0 spiro atoms. The molecular weight excluding hydrogens is 212 g/mol. The van der Waals surface area contributed by atoms with Gasteiger partial charge in [0.25, 0.3) is 0 Å². The van der Waals surface area contributed by atoms with E-state index >= 15 is 0 Å². The molecule has 0 aliphatic carbocycles. The molecule has 1 aromatic heterocycles. The van der Waals surface area contributed by atoms with Crippen LogP contribution in [0, 0.1) is 11.3 Å². The molecule has 0 aromatic carbocycles. The van der Waals surface area contributed by atoms with Crippen molar-refractivity contribution in [2.75, 3.05) is 6.54 Å². The van der Waals surface area contributed by atoms with Gasteiger partial charge in [-0.3, -0.25) is 5.32 Å². The monoisotopic (exact) mass is 234 g/mol. The zero-order chi connectivity index (χ0) is 12.7. The number of aromatic nitrogens is 2. The average molecular weight is 234 g/mol. The molecule has 4 nitrogen and oxygen atoms in total. The van der Waals surface area contributed by atoms with Gasteiger partial charge in [0.1, 0.15) is 11.4 Å². The van der Waals surface area contributed by atoms with E-state index in [1.165, 1.54) is 0 Å². The maximum Gasteiger partial charge on any atom is 0.122 e. The van der Waals surface area contributed by atoms with Crippen molar-refractivity contribution in [3.63, 3.8) is 0 Å². The summed E-state index contributed by atoms with van der Waals surface area (Å²) in [7, 11) is 0. The largest absolute Gasteiger partial charge is 0.332 e. The van der Waals surface area contributed by atoms with Crippen molar-refractivity contribution in [2.45, 2.75) is 52.1 Å². The SMILES string of the molecule is CCCNC(C)(C#N)Cn1ccnc1CCC. The Morgan fingerprint density at radius 1 is 1.47 bits per heavy atom. The Morgan fingerprint density at radius 3 is 2.82 bits per heavy atom. The number of hydrogen-bond donors (Lipinski definition) is 1. The van der Waals surface area contributed by atoms with E-state index in [1.54, 1.807) is 0 Å². The number of imidazole rings is 1. The van der Waals surface area contributed by atoms with Crippen molar-refractivity contribution in [2.24, 2.45) is 0 Å². The lowest BCUT2D eigenvalue weighted by Gasteiger charge is -2.24. The van der Waals surface area contributed by atoms with Gasteiger partial charge in [0, 0.05) is 18.8 Å². The van der Waals surface area contributed by atoms with Gasteiger partial charge in [0.05, 0.1) is 12.6 Å². The molecule has 1 N–H and O–H groups in total. The minimum absolute atomic E-state index is 0.515. The molecule has 1 atom stereocenters. The van der Waals surface area contributed by atoms with Crippen molar-refractivity contribution in [3.8, 4) is 6.07 Å². The first-order chi connectivity index (χ1) is 8.15. The molecule has 0 saturated heterocycles. The maximum atomic E-state index is 9.29. The highest BCUT2D eigenvalue weighted by molar-refractivity contribution is 5.06. The van der Waals surface area contributed by atoms with Gasteiger partial charge in [-0.1, -0.05) is 13.8 Å². The first-order valence-electron chi connectivity index (χ1n) is 6.31. The second kappa shape index (κ2) is 6.41. The van der Waals surface area contributed by atoms with Crippen LogP contribution in [-0.4, -0.2) is 21.6 Å². The Kier molecular flexibility index (Phi) is 5.17. The molecule has 94 valence electrons. The molecule has 0 radical (unpaired) electrons. The van der Waals surface area contributed by atoms with Crippen LogP contribution in [0.2, 0.25) is 0 Å². The predicted molar refractivity (Wildman–Crippen MR) is 68.5 cm³/mol. The summed E-state index contributed by atoms with van der Waals surface area (Å²) < 4.78 is 2.08. The number of nitrogens with zero attached hydrogens (tertiary/aromatic N) is 3. The van der Waals surface area contributed by atoms with E-state index in [2.05, 4.69) is 34.8 Å². The number of nitrogens with one attached hydrogen (secondary N) is 1. The van der Waals surface area contributed by atoms with E-state index in [1.807, 2.05) is 19.3 Å². The average Bonchev–Trinajstić information content (AvgIpc) is 2.74. The van der Waals surface area contributed by atoms with Gasteiger partial charge in [0.15, 0.2) is 0 Å². The fourth-order valence-electron chi connectivity index (χ4n) is 1.81. The second-order valence-electron chi connectivity index (χ2n) is 4.59. The molecule has 17 heavy (non-hydrogen) atoms. The Morgan fingerprint density at radius 2 is 2.24 bits per heavy atom. The lowest BCUT2D eigenvalue weighted by Crippen LogP contribution is -2.45. The topological polar surface area (TPSA) is 53.6 Å². The summed E-state index contributed by atoms with van der Waals surface area (Å²) in [6.07, 6.45) is 6.82. The van der Waals surface area contributed by atoms with E-state index in [0.29, 0.717) is 6.54 Å². The molecule has 1 heterocycles. The minimum Gasteiger partial charge on any atom is -0.332 e. The van der Waals surface area contributed by atoms with Gasteiger partial charge in [-0.2, -0.15) is 5.26 Å². The highest BCUT2D eigenvalue weighted by atomic mass is 15.1. The summed E-state index contributed by atoms with van der Waals surface area (Å²) in [5.41, 5.74) is -0.515. The number of nitriles is 1. The molecule has 0 fully saturated rings. The van der Waals surface area contributed by atoms with E-state index in [-0.39, 0.29) is 0 Å². The first-order valence-corrected chi connectivity index (χ1v) is 6.31. The van der Waals surface area contributed by atoms with Crippen LogP contribution < -0.4 is 5.32 Å². The Bertz CT molecular complexity index is 377. The number of hydrogen-bond acceptors (Lipinski definition) is 3. The molecule has 1 aromatic rings. The lowest BCUT2D eigenvalue weighted by molar-refractivity contribution is 0.382. The van der Waals surface area contributed by atoms with Crippen LogP contribution in [0.4, 0.5) is 0 Å². The maximum absolute atomic E-state index is 9.29. The molecule has 0 bridgehead atoms. The predicted octanol–water partition coefficient (Wildman–Crippen LogP) is 2.12. The van der Waals surface area contributed by atoms with Crippen LogP contribution in [0.15, 0.2) is 12.4 Å². The van der Waals surface area contributed by atoms with Gasteiger partial charge in [-0.15, -0.1) is 0 Å². The van der Waals surface area contributed by atoms with Gasteiger partial charge >= 0.3 is 0 Å². The van der Waals surface area contributed by atoms with Crippen molar-refractivity contribution < 1.29 is 0 Å². The highest BCUT2D eigenvalue weighted by Crippen LogP contribution is 2.10. The Balaban J connectivity index is 2.73. The first kappa shape index (κ1) is 13.7. The number of rotatable bonds is 7. The molecule has 1 unspecified atom stereocenters. The quantitative estimate of drug-likeness (QED) is 0.786. The highest BCUT2D eigenvalue weighted by Gasteiger charge is 2.24. The van der Waals surface area contributed by atoms with Gasteiger partial charge in [-0.05, 0) is 26.3 Å². The normalized spacial score (nSPS) is 14.2. The summed E-state index contributed by atoms with van der Waals surface area (Å²) in [4.78, 5) is 4.33. The van der Waals surface area contributed by atoms with Gasteiger partial charge < -0.3 is 4.57 Å². The van der Waals surface area contributed by atoms with Crippen molar-refractivity contribution in [1.29, 1.82) is 5.26 Å². The summed E-state index contributed by atoms with van der Waals surface area (Å²) in [6.45, 7) is 7.70. The Hall–Kier alpha value is -1.34. The zero-order valence-corrected chi connectivity index (χ0v) is 11.0. The molecule has 0 saturated carbocycles. The summed E-state index contributed by atoms with van der Waals surface area (Å²) in [5, 5.41) is 12.6. The van der Waals surface area contributed by atoms with Crippen LogP contribution in [0.3, 0.4) is 0 Å². The second-order valence-corrected chi connectivity index (χ2v) is 4.59. The van der Waals surface area contributed by atoms with E-state index in [0.717, 1.165) is 31.6 Å². The van der Waals surface area contributed by atoms with Crippen LogP contribution in [0.25, 0.3) is 0 Å². The fourth-order valence-corrected chi connectivity index (χ4v) is 1.81. The summed E-state index contributed by atoms with van der Waals surface area (Å²) in [6, 6.07) is 2.36. The van der Waals surface area contributed by atoms with Crippen LogP contribution in [-0.2, 0) is 13.0 Å². The van der Waals surface area contributed by atoms with E-state index < -0.39 is 5.54 Å². The minimum atomic E-state index is -0.515. The Labute approximate surface area is 104 Å². The summed E-state index contributed by atoms with van der Waals surface area (Å²) >= 11 is 0. The third-order valence-electron chi connectivity index (χ3n) is 2.77. The lowest BCUT2D eigenvalue weighted by atomic mass is 10.0. The van der Waals surface area contributed by atoms with E-state index in [4.69, 9.17) is 0 Å². The van der Waals surface area contributed by atoms with Crippen LogP contribution >= 0.6 is 0 Å². The van der Waals surface area contributed by atoms with Gasteiger partial charge in [-0.25, -0.2) is 4.98 Å². The molecule has 0 aliphatic rings. The molecule has 1 rings (SSSR count). The van der Waals surface area contributed by atoms with Crippen LogP contribution in [0.1, 0.15) is 39.4 Å². The molecular formula is C13H22N4. The molecule has 0 aliphatic heterocycles. The fraction of sp³-hybridized carbons (Fsp3) is 0.692. The third-order valence-corrected chi connectivity index (χ3v) is 2.77. The smallest absolute Gasteiger partial charge is 0.122 e. The number of aryl methyl sites for hydroxylation is 1. The van der Waals surface area contributed by atoms with Crippen molar-refractivity contribution in [1.82, 2.24) is 14.9 Å². The van der Waals surface area contributed by atoms with Gasteiger partial charge in [0.2, 0.25) is 0 Å². The molecule has 4 heteroatoms. The van der Waals surface area contributed by atoms with Crippen molar-refractivity contribution in [3.05, 3.63) is 18.2 Å². The van der Waals surface area contributed by atoms with E-state index in [9.17, 15) is 5.26 Å². The summed E-state index contributed by atoms with van der Waals surface area (Å²) in [5.74, 6) is 1.06. The van der Waals surface area contributed by atoms with Crippen molar-refractivity contribution >= 4 is 0 Å². The van der Waals surface area contributed by atoms with Crippen LogP contribution in [0.5, 0.6) is 0 Å². The molecule has 0 amide bonds. The zero-order valence-electron chi connectivity index (χ0n) is 11.0.